The highest BCUT2D eigenvalue weighted by molar-refractivity contribution is 5.53. The lowest BCUT2D eigenvalue weighted by atomic mass is 10.0. The average molecular weight is 318 g/mol. The SMILES string of the molecule is CC#CC#CC#CC#CC#CC#CC#Cc1ccc(CC)c(O)c1C. The third-order valence-corrected chi connectivity index (χ3v) is 2.91. The summed E-state index contributed by atoms with van der Waals surface area (Å²) in [5.74, 6) is 36.7. The van der Waals surface area contributed by atoms with Gasteiger partial charge in [0.1, 0.15) is 5.75 Å². The molecule has 0 spiro atoms. The van der Waals surface area contributed by atoms with Crippen LogP contribution in [-0.2, 0) is 6.42 Å². The average Bonchev–Trinajstić information content (AvgIpc) is 2.62. The van der Waals surface area contributed by atoms with Gasteiger partial charge in [-0.15, -0.1) is 0 Å². The van der Waals surface area contributed by atoms with Crippen LogP contribution in [0.3, 0.4) is 0 Å². The Morgan fingerprint density at radius 2 is 1.24 bits per heavy atom. The summed E-state index contributed by atoms with van der Waals surface area (Å²) in [7, 11) is 0. The summed E-state index contributed by atoms with van der Waals surface area (Å²) < 4.78 is 0. The van der Waals surface area contributed by atoms with E-state index in [2.05, 4.69) is 82.9 Å². The number of aryl methyl sites for hydroxylation is 1. The molecule has 116 valence electrons. The van der Waals surface area contributed by atoms with Crippen LogP contribution in [0.25, 0.3) is 0 Å². The quantitative estimate of drug-likeness (QED) is 0.789. The minimum absolute atomic E-state index is 0.296. The highest BCUT2D eigenvalue weighted by atomic mass is 16.3. The van der Waals surface area contributed by atoms with Crippen LogP contribution in [0.15, 0.2) is 12.1 Å². The molecule has 25 heavy (non-hydrogen) atoms. The molecule has 0 radical (unpaired) electrons. The minimum atomic E-state index is 0.296. The fourth-order valence-electron chi connectivity index (χ4n) is 1.65. The zero-order valence-electron chi connectivity index (χ0n) is 14.3. The van der Waals surface area contributed by atoms with E-state index < -0.39 is 0 Å². The molecular weight excluding hydrogens is 304 g/mol. The summed E-state index contributed by atoms with van der Waals surface area (Å²) in [4.78, 5) is 0. The van der Waals surface area contributed by atoms with Gasteiger partial charge in [0, 0.05) is 11.1 Å². The largest absolute Gasteiger partial charge is 0.507 e. The van der Waals surface area contributed by atoms with Gasteiger partial charge in [0.2, 0.25) is 0 Å². The van der Waals surface area contributed by atoms with E-state index in [1.54, 1.807) is 6.92 Å². The Kier molecular flexibility index (Phi) is 8.73. The van der Waals surface area contributed by atoms with Crippen LogP contribution in [0.2, 0.25) is 0 Å². The van der Waals surface area contributed by atoms with Gasteiger partial charge in [0.05, 0.1) is 0 Å². The van der Waals surface area contributed by atoms with Crippen molar-refractivity contribution in [2.24, 2.45) is 0 Å². The van der Waals surface area contributed by atoms with E-state index in [0.29, 0.717) is 5.75 Å². The van der Waals surface area contributed by atoms with E-state index in [9.17, 15) is 5.11 Å². The zero-order chi connectivity index (χ0) is 18.3. The van der Waals surface area contributed by atoms with Gasteiger partial charge in [-0.05, 0) is 103 Å². The molecule has 0 aromatic heterocycles. The van der Waals surface area contributed by atoms with E-state index in [4.69, 9.17) is 0 Å². The fourth-order valence-corrected chi connectivity index (χ4v) is 1.65. The standard InChI is InChI=1S/C24H14O/c1-4-6-7-8-9-10-11-12-13-14-15-16-17-18-23-20-19-22(5-2)24(25)21(23)3/h19-20,25H,5H2,1-3H3. The van der Waals surface area contributed by atoms with Crippen molar-refractivity contribution in [1.82, 2.24) is 0 Å². The summed E-state index contributed by atoms with van der Waals surface area (Å²) in [5.41, 5.74) is 2.42. The fraction of sp³-hybridized carbons (Fsp3) is 0.167. The van der Waals surface area contributed by atoms with E-state index >= 15 is 0 Å². The van der Waals surface area contributed by atoms with Gasteiger partial charge >= 0.3 is 0 Å². The molecule has 0 saturated carbocycles. The summed E-state index contributed by atoms with van der Waals surface area (Å²) in [6.45, 7) is 5.53. The third-order valence-electron chi connectivity index (χ3n) is 2.91. The Bertz CT molecular complexity index is 1080. The van der Waals surface area contributed by atoms with Crippen molar-refractivity contribution in [1.29, 1.82) is 0 Å². The van der Waals surface area contributed by atoms with E-state index in [0.717, 1.165) is 23.1 Å². The number of rotatable bonds is 1. The molecular formula is C24H14O. The molecule has 1 nitrogen and oxygen atoms in total. The second-order valence-electron chi connectivity index (χ2n) is 4.47. The molecule has 0 saturated heterocycles. The van der Waals surface area contributed by atoms with Gasteiger partial charge in [0.25, 0.3) is 0 Å². The van der Waals surface area contributed by atoms with Gasteiger partial charge < -0.3 is 5.11 Å². The van der Waals surface area contributed by atoms with Crippen LogP contribution >= 0.6 is 0 Å². The maximum atomic E-state index is 10.0. The van der Waals surface area contributed by atoms with Crippen molar-refractivity contribution >= 4 is 0 Å². The second kappa shape index (κ2) is 11.5. The topological polar surface area (TPSA) is 20.2 Å². The van der Waals surface area contributed by atoms with Crippen molar-refractivity contribution in [2.45, 2.75) is 27.2 Å². The maximum Gasteiger partial charge on any atom is 0.122 e. The number of phenols is 1. The van der Waals surface area contributed by atoms with Crippen LogP contribution in [0.4, 0.5) is 0 Å². The van der Waals surface area contributed by atoms with E-state index in [1.807, 2.05) is 26.0 Å². The molecule has 1 rings (SSSR count). The molecule has 0 aliphatic rings. The number of hydrogen-bond donors (Lipinski definition) is 1. The van der Waals surface area contributed by atoms with Crippen LogP contribution in [-0.4, -0.2) is 5.11 Å². The lowest BCUT2D eigenvalue weighted by Gasteiger charge is -2.06. The van der Waals surface area contributed by atoms with Crippen LogP contribution in [0, 0.1) is 89.8 Å². The highest BCUT2D eigenvalue weighted by Gasteiger charge is 2.05. The molecule has 0 amide bonds. The van der Waals surface area contributed by atoms with Gasteiger partial charge in [-0.1, -0.05) is 24.8 Å². The van der Waals surface area contributed by atoms with Crippen molar-refractivity contribution in [2.75, 3.05) is 0 Å². The van der Waals surface area contributed by atoms with Crippen LogP contribution in [0.1, 0.15) is 30.5 Å². The Labute approximate surface area is 150 Å². The van der Waals surface area contributed by atoms with Crippen LogP contribution in [0.5, 0.6) is 5.75 Å². The number of phenolic OH excluding ortho intramolecular Hbond substituents is 1. The first-order valence-corrected chi connectivity index (χ1v) is 7.44. The molecule has 0 aliphatic heterocycles. The summed E-state index contributed by atoms with van der Waals surface area (Å²) in [5, 5.41) is 10.0. The normalized spacial score (nSPS) is 6.68. The first kappa shape index (κ1) is 19.0. The summed E-state index contributed by atoms with van der Waals surface area (Å²) in [6, 6.07) is 3.75. The summed E-state index contributed by atoms with van der Waals surface area (Å²) in [6.07, 6.45) is 0.778. The summed E-state index contributed by atoms with van der Waals surface area (Å²) >= 11 is 0. The van der Waals surface area contributed by atoms with Gasteiger partial charge in [-0.2, -0.15) is 0 Å². The lowest BCUT2D eigenvalue weighted by molar-refractivity contribution is 0.464. The molecule has 1 aromatic carbocycles. The molecule has 0 unspecified atom stereocenters. The molecule has 0 aliphatic carbocycles. The second-order valence-corrected chi connectivity index (χ2v) is 4.47. The third kappa shape index (κ3) is 7.16. The zero-order valence-corrected chi connectivity index (χ0v) is 14.3. The monoisotopic (exact) mass is 318 g/mol. The van der Waals surface area contributed by atoms with Gasteiger partial charge in [-0.3, -0.25) is 0 Å². The Morgan fingerprint density at radius 1 is 0.760 bits per heavy atom. The first-order valence-electron chi connectivity index (χ1n) is 7.44. The number of hydrogen-bond acceptors (Lipinski definition) is 1. The highest BCUT2D eigenvalue weighted by Crippen LogP contribution is 2.24. The molecule has 1 N–H and O–H groups in total. The van der Waals surface area contributed by atoms with Crippen molar-refractivity contribution < 1.29 is 5.11 Å². The predicted molar refractivity (Wildman–Crippen MR) is 101 cm³/mol. The molecule has 0 heterocycles. The smallest absolute Gasteiger partial charge is 0.122 e. The maximum absolute atomic E-state index is 10.0. The predicted octanol–water partition coefficient (Wildman–Crippen LogP) is 2.65. The molecule has 1 aromatic rings. The lowest BCUT2D eigenvalue weighted by Crippen LogP contribution is -1.88. The van der Waals surface area contributed by atoms with Crippen molar-refractivity contribution in [3.05, 3.63) is 28.8 Å². The van der Waals surface area contributed by atoms with Crippen molar-refractivity contribution in [3.8, 4) is 88.6 Å². The molecule has 0 fully saturated rings. The minimum Gasteiger partial charge on any atom is -0.507 e. The number of aromatic hydroxyl groups is 1. The first-order chi connectivity index (χ1) is 12.2. The Morgan fingerprint density at radius 3 is 1.72 bits per heavy atom. The van der Waals surface area contributed by atoms with E-state index in [1.165, 1.54) is 0 Å². The van der Waals surface area contributed by atoms with E-state index in [-0.39, 0.29) is 0 Å². The molecule has 1 heteroatoms. The van der Waals surface area contributed by atoms with Crippen LogP contribution < -0.4 is 0 Å². The Balaban J connectivity index is 2.70. The van der Waals surface area contributed by atoms with Crippen molar-refractivity contribution in [3.63, 3.8) is 0 Å². The van der Waals surface area contributed by atoms with Gasteiger partial charge in [-0.25, -0.2) is 0 Å². The number of benzene rings is 1. The Hall–Kier alpha value is -4.06. The molecule has 0 bridgehead atoms. The molecule has 0 atom stereocenters. The van der Waals surface area contributed by atoms with Gasteiger partial charge in [0.15, 0.2) is 0 Å².